The standard InChI is InChI=1S/C14H10F2OS/c15-10-5-1-3-8-7-18-14-9(13(17)12(8)10)4-2-6-11(14)16/h1-6,13,17H,7H2. The molecule has 0 aliphatic carbocycles. The van der Waals surface area contributed by atoms with Crippen LogP contribution in [0.5, 0.6) is 0 Å². The smallest absolute Gasteiger partial charge is 0.137 e. The van der Waals surface area contributed by atoms with Gasteiger partial charge in [0, 0.05) is 21.8 Å². The maximum atomic E-state index is 13.8. The maximum absolute atomic E-state index is 13.8. The van der Waals surface area contributed by atoms with Gasteiger partial charge in [-0.25, -0.2) is 8.78 Å². The molecule has 0 aromatic heterocycles. The van der Waals surface area contributed by atoms with Gasteiger partial charge in [0.15, 0.2) is 0 Å². The van der Waals surface area contributed by atoms with Gasteiger partial charge < -0.3 is 5.11 Å². The highest BCUT2D eigenvalue weighted by atomic mass is 32.2. The third-order valence-electron chi connectivity index (χ3n) is 3.08. The molecule has 0 bridgehead atoms. The third-order valence-corrected chi connectivity index (χ3v) is 4.26. The highest BCUT2D eigenvalue weighted by Gasteiger charge is 2.26. The zero-order valence-electron chi connectivity index (χ0n) is 9.36. The fraction of sp³-hybridized carbons (Fsp3) is 0.143. The molecule has 0 spiro atoms. The Bertz CT molecular complexity index is 613. The van der Waals surface area contributed by atoms with Gasteiger partial charge in [0.25, 0.3) is 0 Å². The summed E-state index contributed by atoms with van der Waals surface area (Å²) in [5.41, 5.74) is 1.40. The van der Waals surface area contributed by atoms with Crippen LogP contribution in [0.4, 0.5) is 8.78 Å². The quantitative estimate of drug-likeness (QED) is 0.783. The van der Waals surface area contributed by atoms with Crippen molar-refractivity contribution in [1.82, 2.24) is 0 Å². The third kappa shape index (κ3) is 1.72. The summed E-state index contributed by atoms with van der Waals surface area (Å²) in [6.07, 6.45) is -1.11. The Labute approximate surface area is 107 Å². The van der Waals surface area contributed by atoms with E-state index in [4.69, 9.17) is 0 Å². The molecule has 0 fully saturated rings. The van der Waals surface area contributed by atoms with E-state index in [0.29, 0.717) is 21.8 Å². The SMILES string of the molecule is OC1c2cccc(F)c2SCc2cccc(F)c21. The number of thioether (sulfide) groups is 1. The molecule has 3 rings (SSSR count). The van der Waals surface area contributed by atoms with Gasteiger partial charge in [0.1, 0.15) is 17.7 Å². The number of aliphatic hydroxyl groups excluding tert-OH is 1. The van der Waals surface area contributed by atoms with Gasteiger partial charge >= 0.3 is 0 Å². The minimum Gasteiger partial charge on any atom is -0.383 e. The summed E-state index contributed by atoms with van der Waals surface area (Å²) in [6.45, 7) is 0. The lowest BCUT2D eigenvalue weighted by molar-refractivity contribution is 0.210. The van der Waals surface area contributed by atoms with Crippen molar-refractivity contribution in [3.63, 3.8) is 0 Å². The molecule has 92 valence electrons. The average molecular weight is 264 g/mol. The molecule has 0 radical (unpaired) electrons. The molecule has 1 atom stereocenters. The fourth-order valence-electron chi connectivity index (χ4n) is 2.21. The van der Waals surface area contributed by atoms with Crippen LogP contribution < -0.4 is 0 Å². The zero-order chi connectivity index (χ0) is 12.7. The van der Waals surface area contributed by atoms with Gasteiger partial charge in [-0.1, -0.05) is 24.3 Å². The van der Waals surface area contributed by atoms with Crippen molar-refractivity contribution >= 4 is 11.8 Å². The Morgan fingerprint density at radius 3 is 2.61 bits per heavy atom. The van der Waals surface area contributed by atoms with Crippen LogP contribution in [0.2, 0.25) is 0 Å². The summed E-state index contributed by atoms with van der Waals surface area (Å²) in [5.74, 6) is -0.361. The Balaban J connectivity index is 2.24. The molecule has 18 heavy (non-hydrogen) atoms. The minimum atomic E-state index is -1.11. The number of rotatable bonds is 0. The molecule has 1 heterocycles. The predicted molar refractivity (Wildman–Crippen MR) is 66.4 cm³/mol. The van der Waals surface area contributed by atoms with Crippen LogP contribution in [0.3, 0.4) is 0 Å². The number of halogens is 2. The molecule has 2 aromatic carbocycles. The number of benzene rings is 2. The Kier molecular flexibility index (Phi) is 2.84. The largest absolute Gasteiger partial charge is 0.383 e. The monoisotopic (exact) mass is 264 g/mol. The summed E-state index contributed by atoms with van der Waals surface area (Å²) >= 11 is 1.29. The normalized spacial score (nSPS) is 17.8. The van der Waals surface area contributed by atoms with Crippen LogP contribution in [-0.4, -0.2) is 5.11 Å². The van der Waals surface area contributed by atoms with E-state index in [2.05, 4.69) is 0 Å². The van der Waals surface area contributed by atoms with E-state index in [1.54, 1.807) is 18.2 Å². The molecule has 2 aromatic rings. The first-order valence-electron chi connectivity index (χ1n) is 5.55. The van der Waals surface area contributed by atoms with Crippen molar-refractivity contribution in [3.05, 3.63) is 64.7 Å². The minimum absolute atomic E-state index is 0.259. The van der Waals surface area contributed by atoms with Gasteiger partial charge in [-0.3, -0.25) is 0 Å². The van der Waals surface area contributed by atoms with Crippen molar-refractivity contribution in [2.75, 3.05) is 0 Å². The van der Waals surface area contributed by atoms with E-state index < -0.39 is 11.9 Å². The van der Waals surface area contributed by atoms with E-state index in [1.165, 1.54) is 30.0 Å². The number of hydrogen-bond acceptors (Lipinski definition) is 2. The van der Waals surface area contributed by atoms with Crippen LogP contribution in [0, 0.1) is 11.6 Å². The van der Waals surface area contributed by atoms with E-state index >= 15 is 0 Å². The summed E-state index contributed by atoms with van der Waals surface area (Å²) < 4.78 is 27.6. The first-order chi connectivity index (χ1) is 8.68. The molecular formula is C14H10F2OS. The van der Waals surface area contributed by atoms with Crippen molar-refractivity contribution in [2.24, 2.45) is 0 Å². The second kappa shape index (κ2) is 4.37. The lowest BCUT2D eigenvalue weighted by Crippen LogP contribution is -2.05. The summed E-state index contributed by atoms with van der Waals surface area (Å²) in [6, 6.07) is 9.20. The Hall–Kier alpha value is -1.39. The predicted octanol–water partition coefficient (Wildman–Crippen LogP) is 3.65. The highest BCUT2D eigenvalue weighted by molar-refractivity contribution is 7.98. The second-order valence-electron chi connectivity index (χ2n) is 4.16. The Morgan fingerprint density at radius 1 is 1.06 bits per heavy atom. The summed E-state index contributed by atoms with van der Waals surface area (Å²) in [5, 5.41) is 10.3. The van der Waals surface area contributed by atoms with E-state index in [1.807, 2.05) is 0 Å². The van der Waals surface area contributed by atoms with Gasteiger partial charge in [-0.15, -0.1) is 11.8 Å². The molecule has 1 N–H and O–H groups in total. The van der Waals surface area contributed by atoms with E-state index in [9.17, 15) is 13.9 Å². The van der Waals surface area contributed by atoms with E-state index in [0.717, 1.165) is 0 Å². The lowest BCUT2D eigenvalue weighted by Gasteiger charge is -2.14. The van der Waals surface area contributed by atoms with Crippen LogP contribution in [0.15, 0.2) is 41.3 Å². The lowest BCUT2D eigenvalue weighted by atomic mass is 9.97. The molecular weight excluding hydrogens is 254 g/mol. The zero-order valence-corrected chi connectivity index (χ0v) is 10.2. The first kappa shape index (κ1) is 11.7. The second-order valence-corrected chi connectivity index (χ2v) is 5.15. The molecule has 0 saturated carbocycles. The molecule has 4 heteroatoms. The molecule has 1 aliphatic heterocycles. The fourth-order valence-corrected chi connectivity index (χ4v) is 3.32. The average Bonchev–Trinajstić information content (AvgIpc) is 2.50. The summed E-state index contributed by atoms with van der Waals surface area (Å²) in [4.78, 5) is 0.403. The molecule has 1 aliphatic rings. The maximum Gasteiger partial charge on any atom is 0.137 e. The van der Waals surface area contributed by atoms with Crippen LogP contribution in [0.25, 0.3) is 0 Å². The molecule has 1 nitrogen and oxygen atoms in total. The first-order valence-corrected chi connectivity index (χ1v) is 6.53. The van der Waals surface area contributed by atoms with Gasteiger partial charge in [0.05, 0.1) is 0 Å². The molecule has 1 unspecified atom stereocenters. The van der Waals surface area contributed by atoms with Gasteiger partial charge in [-0.05, 0) is 17.7 Å². The van der Waals surface area contributed by atoms with Crippen molar-refractivity contribution < 1.29 is 13.9 Å². The van der Waals surface area contributed by atoms with Gasteiger partial charge in [-0.2, -0.15) is 0 Å². The topological polar surface area (TPSA) is 20.2 Å². The molecule has 0 amide bonds. The molecule has 0 saturated heterocycles. The number of hydrogen-bond donors (Lipinski definition) is 1. The number of aliphatic hydroxyl groups is 1. The number of fused-ring (bicyclic) bond motifs is 2. The van der Waals surface area contributed by atoms with Crippen LogP contribution >= 0.6 is 11.8 Å². The Morgan fingerprint density at radius 2 is 1.78 bits per heavy atom. The van der Waals surface area contributed by atoms with E-state index in [-0.39, 0.29) is 11.4 Å². The summed E-state index contributed by atoms with van der Waals surface area (Å²) in [7, 11) is 0. The van der Waals surface area contributed by atoms with Crippen molar-refractivity contribution in [3.8, 4) is 0 Å². The van der Waals surface area contributed by atoms with Gasteiger partial charge in [0.2, 0.25) is 0 Å². The van der Waals surface area contributed by atoms with Crippen molar-refractivity contribution in [1.29, 1.82) is 0 Å². The van der Waals surface area contributed by atoms with Crippen LogP contribution in [-0.2, 0) is 5.75 Å². The van der Waals surface area contributed by atoms with Crippen LogP contribution in [0.1, 0.15) is 22.8 Å². The van der Waals surface area contributed by atoms with Crippen molar-refractivity contribution in [2.45, 2.75) is 16.8 Å². The highest BCUT2D eigenvalue weighted by Crippen LogP contribution is 2.41.